The fourth-order valence-electron chi connectivity index (χ4n) is 3.25. The molecule has 154 valence electrons. The first-order valence-electron chi connectivity index (χ1n) is 9.79. The minimum absolute atomic E-state index is 0.0438. The largest absolute Gasteiger partial charge is 0.350 e. The molecule has 2 heterocycles. The zero-order valence-electron chi connectivity index (χ0n) is 18.2. The van der Waals surface area contributed by atoms with Crippen molar-refractivity contribution in [2.75, 3.05) is 14.1 Å². The molecular weight excluding hydrogens is 364 g/mol. The molecule has 0 radical (unpaired) electrons. The second-order valence-electron chi connectivity index (χ2n) is 7.81. The Morgan fingerprint density at radius 3 is 2.38 bits per heavy atom. The van der Waals surface area contributed by atoms with Crippen molar-refractivity contribution < 1.29 is 4.79 Å². The molecule has 0 atom stereocenters. The fraction of sp³-hybridized carbons (Fsp3) is 0.409. The van der Waals surface area contributed by atoms with E-state index in [1.807, 2.05) is 70.9 Å². The van der Waals surface area contributed by atoms with Crippen LogP contribution < -0.4 is 5.32 Å². The average molecular weight is 395 g/mol. The van der Waals surface area contributed by atoms with Crippen LogP contribution in [0.15, 0.2) is 30.3 Å². The van der Waals surface area contributed by atoms with Gasteiger partial charge < -0.3 is 10.2 Å². The van der Waals surface area contributed by atoms with E-state index < -0.39 is 0 Å². The number of nitrogens with zero attached hydrogens (tertiary/aromatic N) is 5. The van der Waals surface area contributed by atoms with Gasteiger partial charge in [0, 0.05) is 31.4 Å². The summed E-state index contributed by atoms with van der Waals surface area (Å²) in [4.78, 5) is 14.4. The molecule has 0 saturated carbocycles. The van der Waals surface area contributed by atoms with E-state index in [0.717, 1.165) is 40.3 Å². The van der Waals surface area contributed by atoms with E-state index in [-0.39, 0.29) is 12.5 Å². The Bertz CT molecular complexity index is 997. The van der Waals surface area contributed by atoms with E-state index in [0.29, 0.717) is 6.54 Å². The highest BCUT2D eigenvalue weighted by Gasteiger charge is 2.11. The fourth-order valence-corrected chi connectivity index (χ4v) is 3.25. The van der Waals surface area contributed by atoms with Crippen molar-refractivity contribution in [3.8, 4) is 11.3 Å². The number of carbonyl (C=O) groups excluding carboxylic acids is 1. The standard InChI is InChI=1S/C22H30N6O/c1-15-16(2)24-28(17(15)3)14-22(29)23-12-18-7-9-19(10-8-18)21-11-20(13-26(4)5)27(6)25-21/h7-11H,12-14H2,1-6H3,(H,23,29). The van der Waals surface area contributed by atoms with Crippen molar-refractivity contribution in [3.05, 3.63) is 58.5 Å². The molecule has 0 aliphatic carbocycles. The quantitative estimate of drug-likeness (QED) is 0.669. The van der Waals surface area contributed by atoms with Crippen molar-refractivity contribution in [3.63, 3.8) is 0 Å². The highest BCUT2D eigenvalue weighted by Crippen LogP contribution is 2.20. The first-order chi connectivity index (χ1) is 13.7. The first kappa shape index (κ1) is 20.8. The maximum atomic E-state index is 12.3. The highest BCUT2D eigenvalue weighted by molar-refractivity contribution is 5.75. The number of rotatable bonds is 7. The van der Waals surface area contributed by atoms with Crippen molar-refractivity contribution >= 4 is 5.91 Å². The maximum Gasteiger partial charge on any atom is 0.242 e. The van der Waals surface area contributed by atoms with Crippen LogP contribution in [0.4, 0.5) is 0 Å². The van der Waals surface area contributed by atoms with Gasteiger partial charge in [0.1, 0.15) is 6.54 Å². The third-order valence-electron chi connectivity index (χ3n) is 5.23. The number of aryl methyl sites for hydroxylation is 2. The molecule has 7 nitrogen and oxygen atoms in total. The molecule has 0 spiro atoms. The van der Waals surface area contributed by atoms with Crippen LogP contribution in [0, 0.1) is 20.8 Å². The summed E-state index contributed by atoms with van der Waals surface area (Å²) in [5.74, 6) is -0.0438. The lowest BCUT2D eigenvalue weighted by Crippen LogP contribution is -2.28. The van der Waals surface area contributed by atoms with Crippen LogP contribution in [0.2, 0.25) is 0 Å². The van der Waals surface area contributed by atoms with Crippen LogP contribution in [-0.2, 0) is 31.5 Å². The molecule has 3 aromatic rings. The third kappa shape index (κ3) is 4.92. The maximum absolute atomic E-state index is 12.3. The lowest BCUT2D eigenvalue weighted by Gasteiger charge is -2.08. The Balaban J connectivity index is 1.59. The monoisotopic (exact) mass is 394 g/mol. The normalized spacial score (nSPS) is 11.3. The number of nitrogens with one attached hydrogen (secondary N) is 1. The molecule has 0 aliphatic heterocycles. The summed E-state index contributed by atoms with van der Waals surface area (Å²) in [5, 5.41) is 12.0. The smallest absolute Gasteiger partial charge is 0.242 e. The van der Waals surface area contributed by atoms with E-state index in [2.05, 4.69) is 26.5 Å². The second kappa shape index (κ2) is 8.61. The Labute approximate surface area is 172 Å². The lowest BCUT2D eigenvalue weighted by molar-refractivity contribution is -0.122. The summed E-state index contributed by atoms with van der Waals surface area (Å²) < 4.78 is 3.68. The summed E-state index contributed by atoms with van der Waals surface area (Å²) in [6, 6.07) is 10.3. The number of benzene rings is 1. The van der Waals surface area contributed by atoms with Crippen molar-refractivity contribution in [1.82, 2.24) is 29.8 Å². The molecule has 2 aromatic heterocycles. The molecule has 0 fully saturated rings. The molecule has 7 heteroatoms. The van der Waals surface area contributed by atoms with E-state index in [4.69, 9.17) is 0 Å². The Morgan fingerprint density at radius 1 is 1.10 bits per heavy atom. The minimum Gasteiger partial charge on any atom is -0.350 e. The number of amides is 1. The SMILES string of the molecule is Cc1nn(CC(=O)NCc2ccc(-c3cc(CN(C)C)n(C)n3)cc2)c(C)c1C. The molecule has 0 bridgehead atoms. The molecule has 3 rings (SSSR count). The Kier molecular flexibility index (Phi) is 6.17. The Hall–Kier alpha value is -2.93. The second-order valence-corrected chi connectivity index (χ2v) is 7.81. The van der Waals surface area contributed by atoms with Crippen molar-refractivity contribution in [1.29, 1.82) is 0 Å². The minimum atomic E-state index is -0.0438. The van der Waals surface area contributed by atoms with Gasteiger partial charge in [-0.25, -0.2) is 0 Å². The van der Waals surface area contributed by atoms with Crippen LogP contribution in [0.3, 0.4) is 0 Å². The van der Waals surface area contributed by atoms with Gasteiger partial charge in [-0.05, 0) is 52.1 Å². The zero-order chi connectivity index (χ0) is 21.1. The number of hydrogen-bond acceptors (Lipinski definition) is 4. The van der Waals surface area contributed by atoms with Crippen molar-refractivity contribution in [2.24, 2.45) is 7.05 Å². The number of hydrogen-bond donors (Lipinski definition) is 1. The van der Waals surface area contributed by atoms with E-state index in [1.165, 1.54) is 5.69 Å². The molecule has 1 aromatic carbocycles. The lowest BCUT2D eigenvalue weighted by atomic mass is 10.1. The topological polar surface area (TPSA) is 68.0 Å². The molecule has 0 saturated heterocycles. The van der Waals surface area contributed by atoms with E-state index >= 15 is 0 Å². The zero-order valence-corrected chi connectivity index (χ0v) is 18.2. The number of carbonyl (C=O) groups is 1. The van der Waals surface area contributed by atoms with Crippen LogP contribution in [-0.4, -0.2) is 44.5 Å². The molecular formula is C22H30N6O. The summed E-state index contributed by atoms with van der Waals surface area (Å²) in [6.07, 6.45) is 0. The number of aromatic nitrogens is 4. The van der Waals surface area contributed by atoms with Gasteiger partial charge in [0.25, 0.3) is 0 Å². The summed E-state index contributed by atoms with van der Waals surface area (Å²) in [6.45, 7) is 7.56. The predicted molar refractivity (Wildman–Crippen MR) is 114 cm³/mol. The molecule has 1 amide bonds. The molecule has 29 heavy (non-hydrogen) atoms. The first-order valence-corrected chi connectivity index (χ1v) is 9.79. The van der Waals surface area contributed by atoms with Gasteiger partial charge in [-0.15, -0.1) is 0 Å². The predicted octanol–water partition coefficient (Wildman–Crippen LogP) is 2.59. The summed E-state index contributed by atoms with van der Waals surface area (Å²) >= 11 is 0. The molecule has 0 unspecified atom stereocenters. The van der Waals surface area contributed by atoms with Crippen LogP contribution in [0.25, 0.3) is 11.3 Å². The Morgan fingerprint density at radius 2 is 1.79 bits per heavy atom. The van der Waals surface area contributed by atoms with Gasteiger partial charge in [0.05, 0.1) is 17.1 Å². The molecule has 1 N–H and O–H groups in total. The van der Waals surface area contributed by atoms with E-state index in [1.54, 1.807) is 4.68 Å². The summed E-state index contributed by atoms with van der Waals surface area (Å²) in [7, 11) is 6.06. The average Bonchev–Trinajstić information content (AvgIpc) is 3.15. The van der Waals surface area contributed by atoms with Gasteiger partial charge in [-0.3, -0.25) is 14.2 Å². The van der Waals surface area contributed by atoms with Crippen LogP contribution in [0.5, 0.6) is 0 Å². The van der Waals surface area contributed by atoms with Gasteiger partial charge in [0.2, 0.25) is 5.91 Å². The van der Waals surface area contributed by atoms with Gasteiger partial charge in [0.15, 0.2) is 0 Å². The van der Waals surface area contributed by atoms with Crippen LogP contribution >= 0.6 is 0 Å². The third-order valence-corrected chi connectivity index (χ3v) is 5.23. The van der Waals surface area contributed by atoms with Gasteiger partial charge >= 0.3 is 0 Å². The summed E-state index contributed by atoms with van der Waals surface area (Å²) in [5.41, 5.74) is 7.38. The van der Waals surface area contributed by atoms with Crippen LogP contribution in [0.1, 0.15) is 28.2 Å². The molecule has 0 aliphatic rings. The van der Waals surface area contributed by atoms with Gasteiger partial charge in [-0.2, -0.15) is 10.2 Å². The van der Waals surface area contributed by atoms with Gasteiger partial charge in [-0.1, -0.05) is 24.3 Å². The van der Waals surface area contributed by atoms with E-state index in [9.17, 15) is 4.79 Å². The highest BCUT2D eigenvalue weighted by atomic mass is 16.2. The van der Waals surface area contributed by atoms with Crippen molar-refractivity contribution in [2.45, 2.75) is 40.4 Å².